The van der Waals surface area contributed by atoms with Crippen molar-refractivity contribution in [1.29, 1.82) is 0 Å². The van der Waals surface area contributed by atoms with E-state index in [1.807, 2.05) is 53.4 Å². The molecule has 4 rings (SSSR count). The van der Waals surface area contributed by atoms with Crippen molar-refractivity contribution in [3.8, 4) is 0 Å². The molecule has 1 aliphatic rings. The molecule has 29 heavy (non-hydrogen) atoms. The van der Waals surface area contributed by atoms with Gasteiger partial charge in [0.1, 0.15) is 0 Å². The largest absolute Gasteiger partial charge is 0.342 e. The monoisotopic (exact) mass is 407 g/mol. The van der Waals surface area contributed by atoms with E-state index < -0.39 is 0 Å². The first-order valence-corrected chi connectivity index (χ1v) is 11.1. The number of rotatable bonds is 6. The third kappa shape index (κ3) is 4.22. The molecule has 3 aromatic rings. The normalized spacial score (nSPS) is 15.0. The van der Waals surface area contributed by atoms with Gasteiger partial charge in [-0.2, -0.15) is 0 Å². The van der Waals surface area contributed by atoms with E-state index in [1.54, 1.807) is 0 Å². The van der Waals surface area contributed by atoms with Crippen molar-refractivity contribution in [3.05, 3.63) is 60.2 Å². The summed E-state index contributed by atoms with van der Waals surface area (Å²) in [6, 6.07) is 17.5. The molecule has 0 unspecified atom stereocenters. The number of nitrogens with zero attached hydrogens (tertiary/aromatic N) is 3. The maximum atomic E-state index is 12.7. The van der Waals surface area contributed by atoms with Crippen molar-refractivity contribution >= 4 is 34.5 Å². The molecule has 1 fully saturated rings. The van der Waals surface area contributed by atoms with Crippen LogP contribution in [-0.4, -0.2) is 45.0 Å². The maximum Gasteiger partial charge on any atom is 0.233 e. The third-order valence-corrected chi connectivity index (χ3v) is 6.50. The van der Waals surface area contributed by atoms with Gasteiger partial charge in [-0.3, -0.25) is 9.59 Å². The molecule has 1 aromatic heterocycles. The van der Waals surface area contributed by atoms with Gasteiger partial charge in [0.15, 0.2) is 10.9 Å². The van der Waals surface area contributed by atoms with Crippen molar-refractivity contribution in [3.63, 3.8) is 0 Å². The van der Waals surface area contributed by atoms with Crippen LogP contribution in [0.4, 0.5) is 0 Å². The molecule has 0 aliphatic carbocycles. The number of benzene rings is 2. The zero-order chi connectivity index (χ0) is 20.2. The molecular weight excluding hydrogens is 382 g/mol. The highest BCUT2D eigenvalue weighted by molar-refractivity contribution is 7.99. The molecule has 1 amide bonds. The number of carbonyl (C=O) groups excluding carboxylic acids is 2. The van der Waals surface area contributed by atoms with Gasteiger partial charge < -0.3 is 9.47 Å². The number of aromatic nitrogens is 2. The van der Waals surface area contributed by atoms with Crippen LogP contribution in [0.25, 0.3) is 11.0 Å². The van der Waals surface area contributed by atoms with Gasteiger partial charge >= 0.3 is 0 Å². The van der Waals surface area contributed by atoms with E-state index in [9.17, 15) is 9.59 Å². The quantitative estimate of drug-likeness (QED) is 0.452. The number of para-hydroxylation sites is 2. The number of Topliss-reactive ketones (excluding diaryl/α,β-unsaturated/α-hetero) is 1. The summed E-state index contributed by atoms with van der Waals surface area (Å²) in [7, 11) is 0. The number of likely N-dealkylation sites (tertiary alicyclic amines) is 1. The lowest BCUT2D eigenvalue weighted by atomic mass is 9.89. The number of imidazole rings is 1. The number of fused-ring (bicyclic) bond motifs is 1. The van der Waals surface area contributed by atoms with Gasteiger partial charge in [-0.25, -0.2) is 4.98 Å². The number of piperidine rings is 1. The molecule has 0 saturated carbocycles. The second-order valence-corrected chi connectivity index (χ2v) is 8.24. The Labute approximate surface area is 175 Å². The van der Waals surface area contributed by atoms with E-state index in [1.165, 1.54) is 11.8 Å². The minimum Gasteiger partial charge on any atom is -0.342 e. The Balaban J connectivity index is 1.33. The summed E-state index contributed by atoms with van der Waals surface area (Å²) in [5.41, 5.74) is 2.83. The summed E-state index contributed by atoms with van der Waals surface area (Å²) >= 11 is 1.50. The van der Waals surface area contributed by atoms with Gasteiger partial charge in [-0.15, -0.1) is 0 Å². The minimum atomic E-state index is 0.0124. The first kappa shape index (κ1) is 19.7. The Morgan fingerprint density at radius 3 is 2.45 bits per heavy atom. The number of ketones is 1. The second kappa shape index (κ2) is 8.82. The highest BCUT2D eigenvalue weighted by Crippen LogP contribution is 2.26. The molecule has 6 heteroatoms. The zero-order valence-electron chi connectivity index (χ0n) is 16.6. The number of amides is 1. The highest BCUT2D eigenvalue weighted by Gasteiger charge is 2.28. The van der Waals surface area contributed by atoms with Gasteiger partial charge in [-0.1, -0.05) is 54.2 Å². The Bertz CT molecular complexity index is 1010. The molecule has 0 bridgehead atoms. The summed E-state index contributed by atoms with van der Waals surface area (Å²) < 4.78 is 2.15. The molecule has 1 saturated heterocycles. The van der Waals surface area contributed by atoms with Crippen LogP contribution in [0.5, 0.6) is 0 Å². The van der Waals surface area contributed by atoms with Crippen LogP contribution in [0.3, 0.4) is 0 Å². The lowest BCUT2D eigenvalue weighted by Gasteiger charge is -2.31. The standard InChI is InChI=1S/C23H25N3O2S/c1-2-26-20-11-7-6-10-19(20)24-23(26)29-16-21(27)25-14-12-18(13-15-25)22(28)17-8-4-3-5-9-17/h3-11,18H,2,12-16H2,1H3. The van der Waals surface area contributed by atoms with Gasteiger partial charge in [0.25, 0.3) is 0 Å². The number of thioether (sulfide) groups is 1. The highest BCUT2D eigenvalue weighted by atomic mass is 32.2. The van der Waals surface area contributed by atoms with E-state index in [4.69, 9.17) is 0 Å². The van der Waals surface area contributed by atoms with E-state index >= 15 is 0 Å². The molecule has 5 nitrogen and oxygen atoms in total. The molecule has 2 aromatic carbocycles. The molecule has 150 valence electrons. The van der Waals surface area contributed by atoms with Gasteiger partial charge in [0.05, 0.1) is 16.8 Å². The predicted octanol–water partition coefficient (Wildman–Crippen LogP) is 4.27. The van der Waals surface area contributed by atoms with Crippen LogP contribution in [0, 0.1) is 5.92 Å². The van der Waals surface area contributed by atoms with E-state index in [0.717, 1.165) is 41.1 Å². The van der Waals surface area contributed by atoms with Crippen molar-refractivity contribution < 1.29 is 9.59 Å². The molecule has 0 spiro atoms. The zero-order valence-corrected chi connectivity index (χ0v) is 17.4. The van der Waals surface area contributed by atoms with Crippen molar-refractivity contribution in [2.24, 2.45) is 5.92 Å². The van der Waals surface area contributed by atoms with Gasteiger partial charge in [0, 0.05) is 31.1 Å². The first-order valence-electron chi connectivity index (χ1n) is 10.1. The molecule has 2 heterocycles. The van der Waals surface area contributed by atoms with Crippen molar-refractivity contribution in [2.75, 3.05) is 18.8 Å². The predicted molar refractivity (Wildman–Crippen MR) is 116 cm³/mol. The van der Waals surface area contributed by atoms with Crippen molar-refractivity contribution in [1.82, 2.24) is 14.5 Å². The lowest BCUT2D eigenvalue weighted by Crippen LogP contribution is -2.41. The Morgan fingerprint density at radius 1 is 1.03 bits per heavy atom. The number of carbonyl (C=O) groups is 2. The second-order valence-electron chi connectivity index (χ2n) is 7.30. The van der Waals surface area contributed by atoms with Crippen LogP contribution in [0.1, 0.15) is 30.1 Å². The SMILES string of the molecule is CCn1c(SCC(=O)N2CCC(C(=O)c3ccccc3)CC2)nc2ccccc21. The van der Waals surface area contributed by atoms with Crippen LogP contribution in [-0.2, 0) is 11.3 Å². The summed E-state index contributed by atoms with van der Waals surface area (Å²) in [6.07, 6.45) is 1.47. The average Bonchev–Trinajstić information content (AvgIpc) is 3.15. The summed E-state index contributed by atoms with van der Waals surface area (Å²) in [5.74, 6) is 0.707. The van der Waals surface area contributed by atoms with Crippen LogP contribution in [0.15, 0.2) is 59.8 Å². The Kier molecular flexibility index (Phi) is 6.00. The number of aryl methyl sites for hydroxylation is 1. The Hall–Kier alpha value is -2.60. The molecule has 0 atom stereocenters. The van der Waals surface area contributed by atoms with Gasteiger partial charge in [-0.05, 0) is 31.9 Å². The van der Waals surface area contributed by atoms with E-state index in [-0.39, 0.29) is 17.6 Å². The van der Waals surface area contributed by atoms with Crippen LogP contribution < -0.4 is 0 Å². The number of hydrogen-bond donors (Lipinski definition) is 0. The number of hydrogen-bond acceptors (Lipinski definition) is 4. The Morgan fingerprint density at radius 2 is 1.72 bits per heavy atom. The molecule has 0 N–H and O–H groups in total. The minimum absolute atomic E-state index is 0.0124. The van der Waals surface area contributed by atoms with E-state index in [2.05, 4.69) is 22.5 Å². The van der Waals surface area contributed by atoms with Gasteiger partial charge in [0.2, 0.25) is 5.91 Å². The topological polar surface area (TPSA) is 55.2 Å². The van der Waals surface area contributed by atoms with Crippen LogP contribution in [0.2, 0.25) is 0 Å². The fraction of sp³-hybridized carbons (Fsp3) is 0.348. The lowest BCUT2D eigenvalue weighted by molar-refractivity contribution is -0.129. The molecule has 1 aliphatic heterocycles. The third-order valence-electron chi connectivity index (χ3n) is 5.54. The summed E-state index contributed by atoms with van der Waals surface area (Å²) in [4.78, 5) is 31.9. The van der Waals surface area contributed by atoms with Crippen LogP contribution >= 0.6 is 11.8 Å². The van der Waals surface area contributed by atoms with E-state index in [0.29, 0.717) is 18.8 Å². The first-order chi connectivity index (χ1) is 14.2. The summed E-state index contributed by atoms with van der Waals surface area (Å²) in [6.45, 7) is 4.21. The summed E-state index contributed by atoms with van der Waals surface area (Å²) in [5, 5.41) is 0.885. The fourth-order valence-electron chi connectivity index (χ4n) is 3.92. The maximum absolute atomic E-state index is 12.7. The average molecular weight is 408 g/mol. The van der Waals surface area contributed by atoms with Crippen molar-refractivity contribution in [2.45, 2.75) is 31.5 Å². The molecular formula is C23H25N3O2S. The fourth-order valence-corrected chi connectivity index (χ4v) is 4.90. The molecule has 0 radical (unpaired) electrons. The smallest absolute Gasteiger partial charge is 0.233 e.